The molecule has 0 bridgehead atoms. The van der Waals surface area contributed by atoms with Gasteiger partial charge in [0.05, 0.1) is 0 Å². The molecule has 21 heavy (non-hydrogen) atoms. The summed E-state index contributed by atoms with van der Waals surface area (Å²) in [6, 6.07) is 0. The Morgan fingerprint density at radius 2 is 1.76 bits per heavy atom. The molecular weight excluding hydrogens is 262 g/mol. The Bertz CT molecular complexity index is 415. The third-order valence-corrected chi connectivity index (χ3v) is 3.96. The molecule has 118 valence electrons. The van der Waals surface area contributed by atoms with E-state index in [2.05, 4.69) is 39.3 Å². The second-order valence-corrected chi connectivity index (χ2v) is 5.66. The third-order valence-electron chi connectivity index (χ3n) is 3.96. The molecule has 1 aliphatic heterocycles. The van der Waals surface area contributed by atoms with Gasteiger partial charge < -0.3 is 15.5 Å². The first-order valence-corrected chi connectivity index (χ1v) is 8.39. The van der Waals surface area contributed by atoms with E-state index in [0.29, 0.717) is 0 Å². The summed E-state index contributed by atoms with van der Waals surface area (Å²) in [5, 5.41) is 6.85. The van der Waals surface area contributed by atoms with Crippen molar-refractivity contribution in [2.24, 2.45) is 0 Å². The normalized spacial score (nSPS) is 15.9. The van der Waals surface area contributed by atoms with Gasteiger partial charge in [-0.15, -0.1) is 0 Å². The van der Waals surface area contributed by atoms with E-state index >= 15 is 0 Å². The Labute approximate surface area is 128 Å². The predicted octanol–water partition coefficient (Wildman–Crippen LogP) is 2.76. The quantitative estimate of drug-likeness (QED) is 0.771. The van der Waals surface area contributed by atoms with Gasteiger partial charge in [-0.1, -0.05) is 19.8 Å². The maximum atomic E-state index is 4.44. The van der Waals surface area contributed by atoms with Crippen LogP contribution in [0.2, 0.25) is 0 Å². The summed E-state index contributed by atoms with van der Waals surface area (Å²) >= 11 is 0. The number of likely N-dealkylation sites (tertiary alicyclic amines) is 1. The standard InChI is InChI=1S/C16H29N5/c1-3-8-14-15(17-4-2)19-13-20-16(14)18-9-12-21-10-6-5-7-11-21/h13H,3-12H2,1-2H3,(H2,17,18,19,20). The van der Waals surface area contributed by atoms with Crippen molar-refractivity contribution >= 4 is 11.6 Å². The van der Waals surface area contributed by atoms with Crippen LogP contribution in [0.4, 0.5) is 11.6 Å². The molecule has 2 heterocycles. The van der Waals surface area contributed by atoms with Crippen LogP contribution in [0.25, 0.3) is 0 Å². The van der Waals surface area contributed by atoms with Gasteiger partial charge in [-0.2, -0.15) is 0 Å². The molecule has 1 saturated heterocycles. The van der Waals surface area contributed by atoms with Crippen LogP contribution in [-0.4, -0.2) is 47.6 Å². The van der Waals surface area contributed by atoms with Crippen molar-refractivity contribution in [3.05, 3.63) is 11.9 Å². The molecule has 0 saturated carbocycles. The number of nitrogens with one attached hydrogen (secondary N) is 2. The van der Waals surface area contributed by atoms with Crippen molar-refractivity contribution in [1.82, 2.24) is 14.9 Å². The average Bonchev–Trinajstić information content (AvgIpc) is 2.51. The van der Waals surface area contributed by atoms with Crippen molar-refractivity contribution in [2.75, 3.05) is 43.4 Å². The molecule has 1 aromatic rings. The molecule has 1 aromatic heterocycles. The molecule has 0 atom stereocenters. The topological polar surface area (TPSA) is 53.1 Å². The largest absolute Gasteiger partial charge is 0.370 e. The zero-order valence-electron chi connectivity index (χ0n) is 13.5. The summed E-state index contributed by atoms with van der Waals surface area (Å²) in [6.07, 6.45) is 7.85. The van der Waals surface area contributed by atoms with Gasteiger partial charge in [-0.05, 0) is 39.3 Å². The number of hydrogen-bond acceptors (Lipinski definition) is 5. The van der Waals surface area contributed by atoms with Crippen molar-refractivity contribution in [3.8, 4) is 0 Å². The van der Waals surface area contributed by atoms with Gasteiger partial charge in [0.15, 0.2) is 0 Å². The van der Waals surface area contributed by atoms with E-state index in [1.165, 1.54) is 37.9 Å². The number of anilines is 2. The molecule has 1 fully saturated rings. The van der Waals surface area contributed by atoms with Gasteiger partial charge in [0.25, 0.3) is 0 Å². The lowest BCUT2D eigenvalue weighted by Crippen LogP contribution is -2.34. The molecule has 2 rings (SSSR count). The van der Waals surface area contributed by atoms with E-state index in [-0.39, 0.29) is 0 Å². The maximum Gasteiger partial charge on any atom is 0.134 e. The summed E-state index contributed by atoms with van der Waals surface area (Å²) < 4.78 is 0. The predicted molar refractivity (Wildman–Crippen MR) is 89.0 cm³/mol. The fraction of sp³-hybridized carbons (Fsp3) is 0.750. The van der Waals surface area contributed by atoms with Crippen LogP contribution in [0, 0.1) is 0 Å². The lowest BCUT2D eigenvalue weighted by atomic mass is 10.1. The van der Waals surface area contributed by atoms with E-state index in [1.807, 2.05) is 0 Å². The van der Waals surface area contributed by atoms with Gasteiger partial charge in [-0.3, -0.25) is 0 Å². The fourth-order valence-electron chi connectivity index (χ4n) is 2.89. The zero-order valence-corrected chi connectivity index (χ0v) is 13.5. The van der Waals surface area contributed by atoms with Crippen LogP contribution in [0.5, 0.6) is 0 Å². The molecule has 0 aromatic carbocycles. The Kier molecular flexibility index (Phi) is 6.73. The molecule has 1 aliphatic rings. The van der Waals surface area contributed by atoms with E-state index in [9.17, 15) is 0 Å². The minimum absolute atomic E-state index is 0.890. The van der Waals surface area contributed by atoms with Crippen molar-refractivity contribution < 1.29 is 0 Å². The first kappa shape index (κ1) is 16.0. The highest BCUT2D eigenvalue weighted by Crippen LogP contribution is 2.21. The lowest BCUT2D eigenvalue weighted by Gasteiger charge is -2.26. The monoisotopic (exact) mass is 291 g/mol. The van der Waals surface area contributed by atoms with Crippen LogP contribution in [-0.2, 0) is 6.42 Å². The fourth-order valence-corrected chi connectivity index (χ4v) is 2.89. The average molecular weight is 291 g/mol. The lowest BCUT2D eigenvalue weighted by molar-refractivity contribution is 0.237. The summed E-state index contributed by atoms with van der Waals surface area (Å²) in [7, 11) is 0. The summed E-state index contributed by atoms with van der Waals surface area (Å²) in [4.78, 5) is 11.4. The Morgan fingerprint density at radius 3 is 2.43 bits per heavy atom. The molecule has 0 amide bonds. The molecule has 0 unspecified atom stereocenters. The highest BCUT2D eigenvalue weighted by atomic mass is 15.2. The highest BCUT2D eigenvalue weighted by molar-refractivity contribution is 5.57. The van der Waals surface area contributed by atoms with Gasteiger partial charge in [0.1, 0.15) is 18.0 Å². The first-order valence-electron chi connectivity index (χ1n) is 8.39. The molecule has 0 spiro atoms. The molecule has 2 N–H and O–H groups in total. The number of aromatic nitrogens is 2. The molecule has 5 heteroatoms. The second-order valence-electron chi connectivity index (χ2n) is 5.66. The number of piperidine rings is 1. The zero-order chi connectivity index (χ0) is 14.9. The number of hydrogen-bond donors (Lipinski definition) is 2. The SMILES string of the molecule is CCCc1c(NCC)ncnc1NCCN1CCCCC1. The third kappa shape index (κ3) is 4.84. The van der Waals surface area contributed by atoms with Gasteiger partial charge in [-0.25, -0.2) is 9.97 Å². The Hall–Kier alpha value is -1.36. The van der Waals surface area contributed by atoms with E-state index in [1.54, 1.807) is 6.33 Å². The molecule has 5 nitrogen and oxygen atoms in total. The van der Waals surface area contributed by atoms with Gasteiger partial charge >= 0.3 is 0 Å². The van der Waals surface area contributed by atoms with Crippen LogP contribution in [0.1, 0.15) is 45.1 Å². The summed E-state index contributed by atoms with van der Waals surface area (Å²) in [5.74, 6) is 1.98. The summed E-state index contributed by atoms with van der Waals surface area (Å²) in [5.41, 5.74) is 1.22. The Balaban J connectivity index is 1.92. The van der Waals surface area contributed by atoms with Gasteiger partial charge in [0.2, 0.25) is 0 Å². The molecular formula is C16H29N5. The van der Waals surface area contributed by atoms with E-state index in [0.717, 1.165) is 44.1 Å². The van der Waals surface area contributed by atoms with Crippen molar-refractivity contribution in [2.45, 2.75) is 46.0 Å². The van der Waals surface area contributed by atoms with Crippen molar-refractivity contribution in [1.29, 1.82) is 0 Å². The molecule has 0 aliphatic carbocycles. The van der Waals surface area contributed by atoms with Crippen LogP contribution in [0.15, 0.2) is 6.33 Å². The summed E-state index contributed by atoms with van der Waals surface area (Å²) in [6.45, 7) is 9.74. The van der Waals surface area contributed by atoms with Crippen molar-refractivity contribution in [3.63, 3.8) is 0 Å². The number of rotatable bonds is 8. The van der Waals surface area contributed by atoms with Crippen LogP contribution >= 0.6 is 0 Å². The van der Waals surface area contributed by atoms with E-state index in [4.69, 9.17) is 0 Å². The highest BCUT2D eigenvalue weighted by Gasteiger charge is 2.12. The maximum absolute atomic E-state index is 4.44. The van der Waals surface area contributed by atoms with Crippen LogP contribution < -0.4 is 10.6 Å². The minimum Gasteiger partial charge on any atom is -0.370 e. The second kappa shape index (κ2) is 8.82. The smallest absolute Gasteiger partial charge is 0.134 e. The van der Waals surface area contributed by atoms with E-state index < -0.39 is 0 Å². The van der Waals surface area contributed by atoms with Gasteiger partial charge in [0, 0.05) is 25.2 Å². The first-order chi connectivity index (χ1) is 10.3. The number of nitrogens with zero attached hydrogens (tertiary/aromatic N) is 3. The Morgan fingerprint density at radius 1 is 1.05 bits per heavy atom. The van der Waals surface area contributed by atoms with Crippen LogP contribution in [0.3, 0.4) is 0 Å². The minimum atomic E-state index is 0.890. The molecule has 0 radical (unpaired) electrons.